The van der Waals surface area contributed by atoms with Crippen molar-refractivity contribution in [1.29, 1.82) is 0 Å². The number of aliphatic hydroxyl groups is 1. The van der Waals surface area contributed by atoms with Crippen LogP contribution in [-0.2, 0) is 19.4 Å². The summed E-state index contributed by atoms with van der Waals surface area (Å²) >= 11 is 0. The molecule has 1 aliphatic heterocycles. The summed E-state index contributed by atoms with van der Waals surface area (Å²) in [5.41, 5.74) is 0. The molecule has 0 aliphatic carbocycles. The minimum atomic E-state index is -2.99. The van der Waals surface area contributed by atoms with E-state index < -0.39 is 15.9 Å². The third kappa shape index (κ3) is 5.35. The van der Waals surface area contributed by atoms with Crippen LogP contribution in [0.4, 0.5) is 0 Å². The standard InChI is InChI=1S/C12H24N2O5S/c1-13(6-11(15)8-19-3)7-12(16)14(2)10-4-5-20(17,18)9-10/h10-11,15H,4-9H2,1-3H3. The Morgan fingerprint density at radius 1 is 1.45 bits per heavy atom. The molecule has 7 nitrogen and oxygen atoms in total. The van der Waals surface area contributed by atoms with Gasteiger partial charge in [-0.05, 0) is 13.5 Å². The lowest BCUT2D eigenvalue weighted by Gasteiger charge is -2.27. The van der Waals surface area contributed by atoms with E-state index in [9.17, 15) is 18.3 Å². The Bertz CT molecular complexity index is 426. The highest BCUT2D eigenvalue weighted by molar-refractivity contribution is 7.91. The first kappa shape index (κ1) is 17.4. The van der Waals surface area contributed by atoms with Crippen LogP contribution >= 0.6 is 0 Å². The fourth-order valence-electron chi connectivity index (χ4n) is 2.30. The molecular formula is C12H24N2O5S. The van der Waals surface area contributed by atoms with Crippen molar-refractivity contribution in [3.63, 3.8) is 0 Å². The summed E-state index contributed by atoms with van der Waals surface area (Å²) in [7, 11) is 1.87. The molecule has 0 radical (unpaired) electrons. The van der Waals surface area contributed by atoms with Crippen molar-refractivity contribution in [2.24, 2.45) is 0 Å². The van der Waals surface area contributed by atoms with Gasteiger partial charge in [0.2, 0.25) is 5.91 Å². The van der Waals surface area contributed by atoms with Crippen LogP contribution in [0.5, 0.6) is 0 Å². The Hall–Kier alpha value is -0.700. The largest absolute Gasteiger partial charge is 0.389 e. The highest BCUT2D eigenvalue weighted by Crippen LogP contribution is 2.16. The van der Waals surface area contributed by atoms with E-state index in [1.54, 1.807) is 19.0 Å². The second kappa shape index (κ2) is 7.35. The van der Waals surface area contributed by atoms with Crippen molar-refractivity contribution < 1.29 is 23.1 Å². The van der Waals surface area contributed by atoms with Gasteiger partial charge in [0.25, 0.3) is 0 Å². The molecule has 1 amide bonds. The fourth-order valence-corrected chi connectivity index (χ4v) is 4.07. The van der Waals surface area contributed by atoms with Gasteiger partial charge in [-0.25, -0.2) is 8.42 Å². The molecule has 1 N–H and O–H groups in total. The average Bonchev–Trinajstić information content (AvgIpc) is 2.68. The van der Waals surface area contributed by atoms with Crippen LogP contribution < -0.4 is 0 Å². The zero-order chi connectivity index (χ0) is 15.3. The van der Waals surface area contributed by atoms with Crippen LogP contribution in [0, 0.1) is 0 Å². The number of aliphatic hydroxyl groups excluding tert-OH is 1. The Labute approximate surface area is 120 Å². The average molecular weight is 308 g/mol. The zero-order valence-corrected chi connectivity index (χ0v) is 13.1. The third-order valence-electron chi connectivity index (χ3n) is 3.44. The summed E-state index contributed by atoms with van der Waals surface area (Å²) in [6.45, 7) is 0.694. The Morgan fingerprint density at radius 2 is 2.10 bits per heavy atom. The molecule has 1 rings (SSSR count). The van der Waals surface area contributed by atoms with Gasteiger partial charge >= 0.3 is 0 Å². The first-order valence-corrected chi connectivity index (χ1v) is 8.39. The van der Waals surface area contributed by atoms with E-state index in [1.165, 1.54) is 12.0 Å². The monoisotopic (exact) mass is 308 g/mol. The number of hydrogen-bond donors (Lipinski definition) is 1. The fraction of sp³-hybridized carbons (Fsp3) is 0.917. The summed E-state index contributed by atoms with van der Waals surface area (Å²) in [5, 5.41) is 9.58. The lowest BCUT2D eigenvalue weighted by atomic mass is 10.2. The highest BCUT2D eigenvalue weighted by atomic mass is 32.2. The molecule has 0 spiro atoms. The number of rotatable bonds is 7. The van der Waals surface area contributed by atoms with Crippen molar-refractivity contribution >= 4 is 15.7 Å². The van der Waals surface area contributed by atoms with Gasteiger partial charge in [0, 0.05) is 26.7 Å². The van der Waals surface area contributed by atoms with E-state index in [0.717, 1.165) is 0 Å². The molecule has 8 heteroatoms. The summed E-state index contributed by atoms with van der Waals surface area (Å²) in [5.74, 6) is 0.0577. The van der Waals surface area contributed by atoms with Crippen molar-refractivity contribution in [3.8, 4) is 0 Å². The second-order valence-corrected chi connectivity index (χ2v) is 7.60. The number of carbonyl (C=O) groups is 1. The van der Waals surface area contributed by atoms with Crippen LogP contribution in [-0.4, -0.2) is 93.8 Å². The van der Waals surface area contributed by atoms with Crippen LogP contribution in [0.15, 0.2) is 0 Å². The first-order valence-electron chi connectivity index (χ1n) is 6.57. The van der Waals surface area contributed by atoms with E-state index in [4.69, 9.17) is 4.74 Å². The molecule has 118 valence electrons. The first-order chi connectivity index (χ1) is 9.25. The van der Waals surface area contributed by atoms with Crippen LogP contribution in [0.1, 0.15) is 6.42 Å². The van der Waals surface area contributed by atoms with E-state index in [0.29, 0.717) is 13.0 Å². The highest BCUT2D eigenvalue weighted by Gasteiger charge is 2.32. The lowest BCUT2D eigenvalue weighted by Crippen LogP contribution is -2.44. The van der Waals surface area contributed by atoms with Gasteiger partial charge in [-0.3, -0.25) is 9.69 Å². The molecule has 0 aromatic heterocycles. The lowest BCUT2D eigenvalue weighted by molar-refractivity contribution is -0.132. The number of likely N-dealkylation sites (N-methyl/N-ethyl adjacent to an activating group) is 2. The minimum absolute atomic E-state index is 0.0469. The molecule has 2 atom stereocenters. The number of nitrogens with zero attached hydrogens (tertiary/aromatic N) is 2. The predicted octanol–water partition coefficient (Wildman–Crippen LogP) is -1.43. The van der Waals surface area contributed by atoms with Crippen molar-refractivity contribution in [1.82, 2.24) is 9.80 Å². The molecule has 1 saturated heterocycles. The van der Waals surface area contributed by atoms with Gasteiger partial charge in [0.15, 0.2) is 9.84 Å². The predicted molar refractivity (Wildman–Crippen MR) is 75.2 cm³/mol. The SMILES string of the molecule is COCC(O)CN(C)CC(=O)N(C)C1CCS(=O)(=O)C1. The maximum Gasteiger partial charge on any atom is 0.236 e. The molecule has 2 unspecified atom stereocenters. The molecule has 1 heterocycles. The van der Waals surface area contributed by atoms with E-state index in [2.05, 4.69) is 0 Å². The molecule has 1 fully saturated rings. The van der Waals surface area contributed by atoms with Crippen LogP contribution in [0.25, 0.3) is 0 Å². The van der Waals surface area contributed by atoms with Gasteiger partial charge in [0.1, 0.15) is 0 Å². The number of ether oxygens (including phenoxy) is 1. The van der Waals surface area contributed by atoms with Gasteiger partial charge in [-0.1, -0.05) is 0 Å². The molecule has 20 heavy (non-hydrogen) atoms. The Morgan fingerprint density at radius 3 is 2.60 bits per heavy atom. The maximum absolute atomic E-state index is 12.1. The summed E-state index contributed by atoms with van der Waals surface area (Å²) in [6.07, 6.45) is -0.143. The summed E-state index contributed by atoms with van der Waals surface area (Å²) in [6, 6.07) is -0.232. The smallest absolute Gasteiger partial charge is 0.236 e. The molecule has 0 aromatic carbocycles. The maximum atomic E-state index is 12.1. The zero-order valence-electron chi connectivity index (χ0n) is 12.3. The van der Waals surface area contributed by atoms with E-state index >= 15 is 0 Å². The number of sulfone groups is 1. The topological polar surface area (TPSA) is 87.2 Å². The van der Waals surface area contributed by atoms with Gasteiger partial charge < -0.3 is 14.7 Å². The number of hydrogen-bond acceptors (Lipinski definition) is 6. The normalized spacial score (nSPS) is 22.9. The number of amides is 1. The number of methoxy groups -OCH3 is 1. The summed E-state index contributed by atoms with van der Waals surface area (Å²) in [4.78, 5) is 15.3. The molecule has 0 saturated carbocycles. The van der Waals surface area contributed by atoms with Crippen molar-refractivity contribution in [3.05, 3.63) is 0 Å². The molecule has 1 aliphatic rings. The van der Waals surface area contributed by atoms with Crippen molar-refractivity contribution in [2.45, 2.75) is 18.6 Å². The quantitative estimate of drug-likeness (QED) is 0.620. The van der Waals surface area contributed by atoms with Gasteiger partial charge in [-0.2, -0.15) is 0 Å². The van der Waals surface area contributed by atoms with E-state index in [-0.39, 0.29) is 36.6 Å². The minimum Gasteiger partial charge on any atom is -0.389 e. The molecular weight excluding hydrogens is 284 g/mol. The second-order valence-electron chi connectivity index (χ2n) is 5.37. The van der Waals surface area contributed by atoms with Crippen LogP contribution in [0.3, 0.4) is 0 Å². The molecule has 0 aromatic rings. The Kier molecular flexibility index (Phi) is 6.38. The van der Waals surface area contributed by atoms with Crippen LogP contribution in [0.2, 0.25) is 0 Å². The summed E-state index contributed by atoms with van der Waals surface area (Å²) < 4.78 is 27.6. The van der Waals surface area contributed by atoms with Crippen molar-refractivity contribution in [2.75, 3.05) is 52.4 Å². The van der Waals surface area contributed by atoms with Gasteiger partial charge in [-0.15, -0.1) is 0 Å². The van der Waals surface area contributed by atoms with E-state index in [1.807, 2.05) is 0 Å². The number of carbonyl (C=O) groups excluding carboxylic acids is 1. The van der Waals surface area contributed by atoms with Gasteiger partial charge in [0.05, 0.1) is 30.8 Å². The third-order valence-corrected chi connectivity index (χ3v) is 5.19. The Balaban J connectivity index is 2.42. The molecule has 0 bridgehead atoms.